The molecule has 0 aromatic carbocycles. The molecule has 1 heterocycles. The van der Waals surface area contributed by atoms with Crippen LogP contribution in [0.25, 0.3) is 0 Å². The summed E-state index contributed by atoms with van der Waals surface area (Å²) in [6.07, 6.45) is 1.60. The van der Waals surface area contributed by atoms with E-state index in [4.69, 9.17) is 4.74 Å². The van der Waals surface area contributed by atoms with E-state index in [9.17, 15) is 4.79 Å². The maximum Gasteiger partial charge on any atom is 0.325 e. The second kappa shape index (κ2) is 6.39. The van der Waals surface area contributed by atoms with Gasteiger partial charge in [0.1, 0.15) is 5.54 Å². The molecule has 1 rings (SSSR count). The van der Waals surface area contributed by atoms with Crippen molar-refractivity contribution in [3.63, 3.8) is 0 Å². The summed E-state index contributed by atoms with van der Waals surface area (Å²) in [4.78, 5) is 11.9. The van der Waals surface area contributed by atoms with E-state index in [0.717, 1.165) is 12.1 Å². The Morgan fingerprint density at radius 1 is 1.50 bits per heavy atom. The zero-order valence-electron chi connectivity index (χ0n) is 13.7. The van der Waals surface area contributed by atoms with E-state index in [1.54, 1.807) is 7.05 Å². The molecular formula is C15H27N3O2. The standard InChI is InChI=1S/C15H27N3O2/c1-8-13-11(3)17-18(12(13)4)10(2)9-15(5,16-6)14(19)20-7/h10,16H,8-9H2,1-7H3. The van der Waals surface area contributed by atoms with E-state index < -0.39 is 5.54 Å². The summed E-state index contributed by atoms with van der Waals surface area (Å²) in [5, 5.41) is 7.69. The van der Waals surface area contributed by atoms with Crippen LogP contribution >= 0.6 is 0 Å². The van der Waals surface area contributed by atoms with E-state index >= 15 is 0 Å². The molecule has 0 radical (unpaired) electrons. The molecule has 0 aliphatic carbocycles. The number of likely N-dealkylation sites (N-methyl/N-ethyl adjacent to an activating group) is 1. The Morgan fingerprint density at radius 3 is 2.50 bits per heavy atom. The van der Waals surface area contributed by atoms with Gasteiger partial charge in [0.2, 0.25) is 0 Å². The fourth-order valence-corrected chi connectivity index (χ4v) is 2.83. The second-order valence-corrected chi connectivity index (χ2v) is 5.57. The van der Waals surface area contributed by atoms with Crippen LogP contribution in [0.5, 0.6) is 0 Å². The lowest BCUT2D eigenvalue weighted by Crippen LogP contribution is -2.49. The molecule has 20 heavy (non-hydrogen) atoms. The fraction of sp³-hybridized carbons (Fsp3) is 0.733. The first-order chi connectivity index (χ1) is 9.30. The number of hydrogen-bond donors (Lipinski definition) is 1. The van der Waals surface area contributed by atoms with Gasteiger partial charge in [-0.05, 0) is 53.1 Å². The van der Waals surface area contributed by atoms with Gasteiger partial charge in [0.05, 0.1) is 18.8 Å². The maximum atomic E-state index is 11.9. The minimum Gasteiger partial charge on any atom is -0.468 e. The Kier molecular flexibility index (Phi) is 5.34. The van der Waals surface area contributed by atoms with Gasteiger partial charge in [-0.2, -0.15) is 5.10 Å². The molecule has 0 bridgehead atoms. The van der Waals surface area contributed by atoms with Gasteiger partial charge in [-0.25, -0.2) is 0 Å². The third kappa shape index (κ3) is 3.03. The summed E-state index contributed by atoms with van der Waals surface area (Å²) in [5.41, 5.74) is 2.84. The predicted octanol–water partition coefficient (Wildman–Crippen LogP) is 2.16. The van der Waals surface area contributed by atoms with Crippen molar-refractivity contribution in [1.82, 2.24) is 15.1 Å². The lowest BCUT2D eigenvalue weighted by Gasteiger charge is -2.29. The van der Waals surface area contributed by atoms with Crippen LogP contribution in [0, 0.1) is 13.8 Å². The molecule has 0 spiro atoms. The highest BCUT2D eigenvalue weighted by molar-refractivity contribution is 5.80. The molecule has 2 atom stereocenters. The van der Waals surface area contributed by atoms with Crippen molar-refractivity contribution in [2.75, 3.05) is 14.2 Å². The van der Waals surface area contributed by atoms with Crippen molar-refractivity contribution >= 4 is 5.97 Å². The lowest BCUT2D eigenvalue weighted by atomic mass is 9.93. The van der Waals surface area contributed by atoms with Gasteiger partial charge in [-0.3, -0.25) is 9.48 Å². The number of aryl methyl sites for hydroxylation is 1. The summed E-state index contributed by atoms with van der Waals surface area (Å²) >= 11 is 0. The number of nitrogens with zero attached hydrogens (tertiary/aromatic N) is 2. The van der Waals surface area contributed by atoms with E-state index in [1.807, 2.05) is 18.5 Å². The second-order valence-electron chi connectivity index (χ2n) is 5.57. The van der Waals surface area contributed by atoms with Crippen LogP contribution in [0.2, 0.25) is 0 Å². The topological polar surface area (TPSA) is 56.2 Å². The van der Waals surface area contributed by atoms with Gasteiger partial charge in [-0.1, -0.05) is 6.92 Å². The Bertz CT molecular complexity index is 482. The Balaban J connectivity index is 3.01. The smallest absolute Gasteiger partial charge is 0.325 e. The molecule has 5 nitrogen and oxygen atoms in total. The van der Waals surface area contributed by atoms with Gasteiger partial charge in [0.25, 0.3) is 0 Å². The Hall–Kier alpha value is -1.36. The number of nitrogens with one attached hydrogen (secondary N) is 1. The third-order valence-corrected chi connectivity index (χ3v) is 4.14. The van der Waals surface area contributed by atoms with Crippen LogP contribution in [0.15, 0.2) is 0 Å². The number of methoxy groups -OCH3 is 1. The Morgan fingerprint density at radius 2 is 2.10 bits per heavy atom. The van der Waals surface area contributed by atoms with Crippen LogP contribution in [0.4, 0.5) is 0 Å². The molecule has 0 fully saturated rings. The number of aromatic nitrogens is 2. The molecule has 0 aliphatic heterocycles. The van der Waals surface area contributed by atoms with Crippen LogP contribution in [0.1, 0.15) is 50.2 Å². The van der Waals surface area contributed by atoms with Crippen LogP contribution < -0.4 is 5.32 Å². The highest BCUT2D eigenvalue weighted by Gasteiger charge is 2.35. The van der Waals surface area contributed by atoms with Crippen molar-refractivity contribution in [3.8, 4) is 0 Å². The lowest BCUT2D eigenvalue weighted by molar-refractivity contribution is -0.148. The van der Waals surface area contributed by atoms with Gasteiger partial charge in [0.15, 0.2) is 0 Å². The predicted molar refractivity (Wildman–Crippen MR) is 79.9 cm³/mol. The number of carbonyl (C=O) groups is 1. The number of hydrogen-bond acceptors (Lipinski definition) is 4. The molecule has 1 N–H and O–H groups in total. The number of carbonyl (C=O) groups excluding carboxylic acids is 1. The largest absolute Gasteiger partial charge is 0.468 e. The molecule has 0 saturated heterocycles. The highest BCUT2D eigenvalue weighted by atomic mass is 16.5. The summed E-state index contributed by atoms with van der Waals surface area (Å²) in [6.45, 7) is 10.2. The van der Waals surface area contributed by atoms with E-state index in [-0.39, 0.29) is 12.0 Å². The van der Waals surface area contributed by atoms with Crippen molar-refractivity contribution < 1.29 is 9.53 Å². The fourth-order valence-electron chi connectivity index (χ4n) is 2.83. The summed E-state index contributed by atoms with van der Waals surface area (Å²) in [7, 11) is 3.20. The SMILES string of the molecule is CCc1c(C)nn(C(C)CC(C)(NC)C(=O)OC)c1C. The first kappa shape index (κ1) is 16.7. The van der Waals surface area contributed by atoms with E-state index in [0.29, 0.717) is 6.42 Å². The van der Waals surface area contributed by atoms with Gasteiger partial charge < -0.3 is 10.1 Å². The number of esters is 1. The molecule has 2 unspecified atom stereocenters. The average Bonchev–Trinajstić information content (AvgIpc) is 2.72. The highest BCUT2D eigenvalue weighted by Crippen LogP contribution is 2.25. The van der Waals surface area contributed by atoms with Crippen LogP contribution in [-0.4, -0.2) is 35.4 Å². The van der Waals surface area contributed by atoms with Crippen LogP contribution in [-0.2, 0) is 16.0 Å². The van der Waals surface area contributed by atoms with Crippen molar-refractivity contribution in [2.45, 2.75) is 59.0 Å². The Labute approximate surface area is 121 Å². The summed E-state index contributed by atoms with van der Waals surface area (Å²) in [5.74, 6) is -0.246. The monoisotopic (exact) mass is 281 g/mol. The van der Waals surface area contributed by atoms with E-state index in [1.165, 1.54) is 18.4 Å². The summed E-state index contributed by atoms with van der Waals surface area (Å²) in [6, 6.07) is 0.116. The maximum absolute atomic E-state index is 11.9. The summed E-state index contributed by atoms with van der Waals surface area (Å²) < 4.78 is 6.91. The minimum atomic E-state index is -0.702. The van der Waals surface area contributed by atoms with Gasteiger partial charge >= 0.3 is 5.97 Å². The van der Waals surface area contributed by atoms with Crippen LogP contribution in [0.3, 0.4) is 0 Å². The molecule has 0 amide bonds. The quantitative estimate of drug-likeness (QED) is 0.812. The zero-order valence-corrected chi connectivity index (χ0v) is 13.7. The first-order valence-electron chi connectivity index (χ1n) is 7.12. The molecule has 114 valence electrons. The molecule has 0 aliphatic rings. The van der Waals surface area contributed by atoms with Crippen molar-refractivity contribution in [3.05, 3.63) is 17.0 Å². The zero-order chi connectivity index (χ0) is 15.5. The molecule has 5 heteroatoms. The third-order valence-electron chi connectivity index (χ3n) is 4.14. The van der Waals surface area contributed by atoms with Gasteiger partial charge in [0, 0.05) is 5.69 Å². The normalized spacial score (nSPS) is 15.8. The van der Waals surface area contributed by atoms with Crippen molar-refractivity contribution in [1.29, 1.82) is 0 Å². The molecule has 1 aromatic heterocycles. The molecular weight excluding hydrogens is 254 g/mol. The molecule has 0 saturated carbocycles. The first-order valence-corrected chi connectivity index (χ1v) is 7.12. The number of ether oxygens (including phenoxy) is 1. The average molecular weight is 281 g/mol. The number of rotatable bonds is 6. The van der Waals surface area contributed by atoms with E-state index in [2.05, 4.69) is 31.2 Å². The minimum absolute atomic E-state index is 0.116. The van der Waals surface area contributed by atoms with Gasteiger partial charge in [-0.15, -0.1) is 0 Å². The molecule has 1 aromatic rings. The van der Waals surface area contributed by atoms with Crippen molar-refractivity contribution in [2.24, 2.45) is 0 Å².